The van der Waals surface area contributed by atoms with E-state index in [0.29, 0.717) is 0 Å². The molecule has 31 heavy (non-hydrogen) atoms. The third kappa shape index (κ3) is 9.78. The van der Waals surface area contributed by atoms with Crippen LogP contribution >= 0.6 is 0 Å². The molecular formula is C28H42O3. The fourth-order valence-corrected chi connectivity index (χ4v) is 3.69. The number of aryl methyl sites for hydroxylation is 2. The quantitative estimate of drug-likeness (QED) is 0.315. The van der Waals surface area contributed by atoms with E-state index in [1.807, 2.05) is 0 Å². The van der Waals surface area contributed by atoms with Gasteiger partial charge in [0.05, 0.1) is 24.4 Å². The van der Waals surface area contributed by atoms with Gasteiger partial charge in [0.15, 0.2) is 0 Å². The van der Waals surface area contributed by atoms with Gasteiger partial charge in [-0.05, 0) is 102 Å². The average molecular weight is 427 g/mol. The summed E-state index contributed by atoms with van der Waals surface area (Å²) >= 11 is 0. The molecular weight excluding hydrogens is 384 g/mol. The van der Waals surface area contributed by atoms with Crippen LogP contribution in [0.1, 0.15) is 78.4 Å². The highest BCUT2D eigenvalue weighted by Crippen LogP contribution is 2.29. The van der Waals surface area contributed by atoms with Crippen LogP contribution < -0.4 is 9.47 Å². The Hall–Kier alpha value is -2.00. The maximum Gasteiger partial charge on any atom is 0.119 e. The van der Waals surface area contributed by atoms with E-state index in [-0.39, 0.29) is 11.2 Å². The second kappa shape index (κ2) is 12.1. The molecule has 0 saturated carbocycles. The van der Waals surface area contributed by atoms with Gasteiger partial charge in [0.1, 0.15) is 11.5 Å². The van der Waals surface area contributed by atoms with Gasteiger partial charge >= 0.3 is 0 Å². The summed E-state index contributed by atoms with van der Waals surface area (Å²) in [6.07, 6.45) is 6.01. The smallest absolute Gasteiger partial charge is 0.119 e. The lowest BCUT2D eigenvalue weighted by atomic mass is 9.94. The lowest BCUT2D eigenvalue weighted by Crippen LogP contribution is -2.37. The third-order valence-electron chi connectivity index (χ3n) is 5.38. The molecule has 2 rings (SSSR count). The molecule has 0 fully saturated rings. The Morgan fingerprint density at radius 1 is 0.581 bits per heavy atom. The highest BCUT2D eigenvalue weighted by atomic mass is 16.5. The largest absolute Gasteiger partial charge is 0.494 e. The van der Waals surface area contributed by atoms with Crippen molar-refractivity contribution in [2.45, 2.75) is 91.3 Å². The number of hydrogen-bond donors (Lipinski definition) is 0. The predicted molar refractivity (Wildman–Crippen MR) is 130 cm³/mol. The first-order chi connectivity index (χ1) is 14.7. The SMILES string of the molecule is CCCOc1ccc(CCC(C)(C)OC(C)(C)CCc2ccc(OCCC)cc2)cc1. The van der Waals surface area contributed by atoms with E-state index >= 15 is 0 Å². The van der Waals surface area contributed by atoms with Crippen molar-refractivity contribution in [1.29, 1.82) is 0 Å². The van der Waals surface area contributed by atoms with E-state index in [1.165, 1.54) is 11.1 Å². The summed E-state index contributed by atoms with van der Waals surface area (Å²) < 4.78 is 17.9. The summed E-state index contributed by atoms with van der Waals surface area (Å²) in [5.41, 5.74) is 2.28. The Morgan fingerprint density at radius 3 is 1.26 bits per heavy atom. The molecule has 0 N–H and O–H groups in total. The maximum absolute atomic E-state index is 6.57. The van der Waals surface area contributed by atoms with Gasteiger partial charge in [-0.15, -0.1) is 0 Å². The Kier molecular flexibility index (Phi) is 9.90. The Morgan fingerprint density at radius 2 is 0.935 bits per heavy atom. The van der Waals surface area contributed by atoms with Crippen LogP contribution in [-0.2, 0) is 17.6 Å². The third-order valence-corrected chi connectivity index (χ3v) is 5.38. The van der Waals surface area contributed by atoms with Gasteiger partial charge in [0.25, 0.3) is 0 Å². The summed E-state index contributed by atoms with van der Waals surface area (Å²) in [6.45, 7) is 14.6. The second-order valence-corrected chi connectivity index (χ2v) is 9.61. The topological polar surface area (TPSA) is 27.7 Å². The van der Waals surface area contributed by atoms with Crippen LogP contribution in [0, 0.1) is 0 Å². The van der Waals surface area contributed by atoms with Gasteiger partial charge < -0.3 is 14.2 Å². The first-order valence-electron chi connectivity index (χ1n) is 11.9. The van der Waals surface area contributed by atoms with Crippen molar-refractivity contribution in [2.75, 3.05) is 13.2 Å². The van der Waals surface area contributed by atoms with Crippen molar-refractivity contribution in [3.8, 4) is 11.5 Å². The molecule has 0 spiro atoms. The van der Waals surface area contributed by atoms with Gasteiger partial charge in [-0.25, -0.2) is 0 Å². The zero-order chi connectivity index (χ0) is 22.7. The van der Waals surface area contributed by atoms with Crippen molar-refractivity contribution in [3.63, 3.8) is 0 Å². The lowest BCUT2D eigenvalue weighted by Gasteiger charge is -2.36. The molecule has 172 valence electrons. The zero-order valence-corrected chi connectivity index (χ0v) is 20.5. The second-order valence-electron chi connectivity index (χ2n) is 9.61. The van der Waals surface area contributed by atoms with E-state index in [4.69, 9.17) is 14.2 Å². The summed E-state index contributed by atoms with van der Waals surface area (Å²) in [4.78, 5) is 0. The number of benzene rings is 2. The van der Waals surface area contributed by atoms with Gasteiger partial charge in [0, 0.05) is 0 Å². The summed E-state index contributed by atoms with van der Waals surface area (Å²) in [5, 5.41) is 0. The van der Waals surface area contributed by atoms with Crippen LogP contribution in [0.15, 0.2) is 48.5 Å². The Balaban J connectivity index is 1.80. The van der Waals surface area contributed by atoms with Crippen LogP contribution in [0.4, 0.5) is 0 Å². The van der Waals surface area contributed by atoms with E-state index in [1.54, 1.807) is 0 Å². The van der Waals surface area contributed by atoms with Crippen LogP contribution in [0.25, 0.3) is 0 Å². The maximum atomic E-state index is 6.57. The van der Waals surface area contributed by atoms with Crippen LogP contribution in [0.3, 0.4) is 0 Å². The number of hydrogen-bond acceptors (Lipinski definition) is 3. The van der Waals surface area contributed by atoms with E-state index in [0.717, 1.165) is 63.2 Å². The molecule has 0 bridgehead atoms. The molecule has 2 aromatic rings. The summed E-state index contributed by atoms with van der Waals surface area (Å²) in [6, 6.07) is 17.0. The van der Waals surface area contributed by atoms with Gasteiger partial charge in [0.2, 0.25) is 0 Å². The number of ether oxygens (including phenoxy) is 3. The molecule has 0 unspecified atom stereocenters. The van der Waals surface area contributed by atoms with Crippen LogP contribution in [0.2, 0.25) is 0 Å². The van der Waals surface area contributed by atoms with Crippen LogP contribution in [-0.4, -0.2) is 24.4 Å². The van der Waals surface area contributed by atoms with Crippen molar-refractivity contribution in [3.05, 3.63) is 59.7 Å². The first-order valence-corrected chi connectivity index (χ1v) is 11.9. The molecule has 3 nitrogen and oxygen atoms in total. The van der Waals surface area contributed by atoms with E-state index in [2.05, 4.69) is 90.1 Å². The van der Waals surface area contributed by atoms with Crippen molar-refractivity contribution < 1.29 is 14.2 Å². The van der Waals surface area contributed by atoms with Gasteiger partial charge in [-0.2, -0.15) is 0 Å². The fourth-order valence-electron chi connectivity index (χ4n) is 3.69. The Bertz CT molecular complexity index is 679. The highest BCUT2D eigenvalue weighted by molar-refractivity contribution is 5.28. The van der Waals surface area contributed by atoms with Crippen LogP contribution in [0.5, 0.6) is 11.5 Å². The molecule has 0 aliphatic rings. The molecule has 0 aliphatic heterocycles. The van der Waals surface area contributed by atoms with Gasteiger partial charge in [-0.1, -0.05) is 38.1 Å². The fraction of sp³-hybridized carbons (Fsp3) is 0.571. The predicted octanol–water partition coefficient (Wildman–Crippen LogP) is 7.40. The van der Waals surface area contributed by atoms with E-state index < -0.39 is 0 Å². The molecule has 0 aromatic heterocycles. The molecule has 0 amide bonds. The minimum Gasteiger partial charge on any atom is -0.494 e. The molecule has 0 radical (unpaired) electrons. The van der Waals surface area contributed by atoms with Crippen molar-refractivity contribution in [1.82, 2.24) is 0 Å². The molecule has 3 heteroatoms. The first kappa shape index (κ1) is 25.3. The summed E-state index contributed by atoms with van der Waals surface area (Å²) in [7, 11) is 0. The van der Waals surface area contributed by atoms with Gasteiger partial charge in [-0.3, -0.25) is 0 Å². The average Bonchev–Trinajstić information content (AvgIpc) is 2.74. The van der Waals surface area contributed by atoms with Crippen molar-refractivity contribution >= 4 is 0 Å². The Labute approximate surface area is 190 Å². The molecule has 2 aromatic carbocycles. The molecule has 0 atom stereocenters. The normalized spacial score (nSPS) is 12.1. The van der Waals surface area contributed by atoms with Crippen molar-refractivity contribution in [2.24, 2.45) is 0 Å². The minimum atomic E-state index is -0.182. The molecule has 0 saturated heterocycles. The molecule has 0 heterocycles. The number of rotatable bonds is 14. The monoisotopic (exact) mass is 426 g/mol. The summed E-state index contributed by atoms with van der Waals surface area (Å²) in [5.74, 6) is 1.90. The molecule has 0 aliphatic carbocycles. The zero-order valence-electron chi connectivity index (χ0n) is 20.5. The lowest BCUT2D eigenvalue weighted by molar-refractivity contribution is -0.128. The van der Waals surface area contributed by atoms with E-state index in [9.17, 15) is 0 Å². The standard InChI is InChI=1S/C28H42O3/c1-7-21-29-25-13-9-23(10-14-25)17-19-27(3,4)31-28(5,6)20-18-24-11-15-26(16-12-24)30-22-8-2/h9-16H,7-8,17-22H2,1-6H3. The minimum absolute atomic E-state index is 0.182. The highest BCUT2D eigenvalue weighted by Gasteiger charge is 2.28.